The van der Waals surface area contributed by atoms with E-state index in [1.165, 1.54) is 19.1 Å². The van der Waals surface area contributed by atoms with Gasteiger partial charge in [-0.3, -0.25) is 14.5 Å². The highest BCUT2D eigenvalue weighted by molar-refractivity contribution is 6.51. The van der Waals surface area contributed by atoms with Gasteiger partial charge < -0.3 is 19.3 Å². The molecule has 0 radical (unpaired) electrons. The fourth-order valence-electron chi connectivity index (χ4n) is 3.93. The highest BCUT2D eigenvalue weighted by Crippen LogP contribution is 2.45. The topological polar surface area (TPSA) is 85.3 Å². The molecule has 33 heavy (non-hydrogen) atoms. The van der Waals surface area contributed by atoms with Crippen LogP contribution < -0.4 is 19.1 Å². The summed E-state index contributed by atoms with van der Waals surface area (Å²) in [5, 5.41) is 11.1. The summed E-state index contributed by atoms with van der Waals surface area (Å²) in [5.41, 5.74) is 1.42. The molecule has 1 aliphatic heterocycles. The predicted molar refractivity (Wildman–Crippen MR) is 124 cm³/mol. The smallest absolute Gasteiger partial charge is 0.300 e. The average molecular weight is 445 g/mol. The second-order valence-corrected chi connectivity index (χ2v) is 7.34. The fraction of sp³-hybridized carbons (Fsp3) is 0.154. The van der Waals surface area contributed by atoms with Crippen molar-refractivity contribution in [3.63, 3.8) is 0 Å². The van der Waals surface area contributed by atoms with Gasteiger partial charge in [0.15, 0.2) is 0 Å². The van der Waals surface area contributed by atoms with Crippen molar-refractivity contribution in [1.29, 1.82) is 0 Å². The minimum atomic E-state index is -0.917. The van der Waals surface area contributed by atoms with Gasteiger partial charge in [0, 0.05) is 22.9 Å². The van der Waals surface area contributed by atoms with Crippen LogP contribution in [0.25, 0.3) is 5.76 Å². The van der Waals surface area contributed by atoms with Crippen LogP contribution in [0, 0.1) is 0 Å². The molecule has 1 unspecified atom stereocenters. The molecule has 0 spiro atoms. The second kappa shape index (κ2) is 9.08. The molecule has 1 heterocycles. The second-order valence-electron chi connectivity index (χ2n) is 7.34. The van der Waals surface area contributed by atoms with Crippen molar-refractivity contribution in [2.75, 3.05) is 26.2 Å². The highest BCUT2D eigenvalue weighted by atomic mass is 16.5. The van der Waals surface area contributed by atoms with Crippen LogP contribution in [0.15, 0.2) is 78.4 Å². The van der Waals surface area contributed by atoms with Crippen LogP contribution in [0.1, 0.15) is 17.2 Å². The van der Waals surface area contributed by atoms with E-state index in [2.05, 4.69) is 0 Å². The molecule has 0 aromatic heterocycles. The maximum absolute atomic E-state index is 13.2. The number of hydrogen-bond donors (Lipinski definition) is 1. The Kier molecular flexibility index (Phi) is 6.04. The SMILES string of the molecule is COc1ccc(N2C(=O)C(=O)/C(=C(/O)c3ccccc3)C2c2ccc(OC)cc2OC)cc1. The number of benzene rings is 3. The molecule has 1 aliphatic rings. The number of ketones is 1. The van der Waals surface area contributed by atoms with Gasteiger partial charge in [0.1, 0.15) is 23.0 Å². The lowest BCUT2D eigenvalue weighted by Gasteiger charge is -2.27. The number of aliphatic hydroxyl groups excluding tert-OH is 1. The minimum absolute atomic E-state index is 0.0227. The van der Waals surface area contributed by atoms with Crippen molar-refractivity contribution in [3.05, 3.63) is 89.5 Å². The van der Waals surface area contributed by atoms with E-state index < -0.39 is 17.7 Å². The molecule has 4 rings (SSSR count). The number of ether oxygens (including phenoxy) is 3. The lowest BCUT2D eigenvalue weighted by atomic mass is 9.94. The van der Waals surface area contributed by atoms with Gasteiger partial charge >= 0.3 is 0 Å². The molecule has 1 atom stereocenters. The van der Waals surface area contributed by atoms with E-state index in [9.17, 15) is 14.7 Å². The third-order valence-electron chi connectivity index (χ3n) is 5.58. The summed E-state index contributed by atoms with van der Waals surface area (Å²) in [6, 6.07) is 19.6. The van der Waals surface area contributed by atoms with Crippen molar-refractivity contribution < 1.29 is 28.9 Å². The van der Waals surface area contributed by atoms with Gasteiger partial charge in [0.05, 0.1) is 32.9 Å². The Balaban J connectivity index is 1.97. The maximum atomic E-state index is 13.2. The van der Waals surface area contributed by atoms with E-state index in [-0.39, 0.29) is 11.3 Å². The van der Waals surface area contributed by atoms with Crippen molar-refractivity contribution in [3.8, 4) is 17.2 Å². The molecule has 1 N–H and O–H groups in total. The first kappa shape index (κ1) is 22.0. The zero-order chi connectivity index (χ0) is 23.5. The number of rotatable bonds is 6. The Hall–Kier alpha value is -4.26. The summed E-state index contributed by atoms with van der Waals surface area (Å²) < 4.78 is 16.1. The molecule has 7 nitrogen and oxygen atoms in total. The molecule has 1 saturated heterocycles. The average Bonchev–Trinajstić information content (AvgIpc) is 3.13. The molecule has 168 valence electrons. The summed E-state index contributed by atoms with van der Waals surface area (Å²) >= 11 is 0. The van der Waals surface area contributed by atoms with Gasteiger partial charge in [-0.1, -0.05) is 30.3 Å². The number of anilines is 1. The van der Waals surface area contributed by atoms with Crippen LogP contribution in [0.2, 0.25) is 0 Å². The largest absolute Gasteiger partial charge is 0.507 e. The zero-order valence-corrected chi connectivity index (χ0v) is 18.4. The van der Waals surface area contributed by atoms with Crippen molar-refractivity contribution >= 4 is 23.1 Å². The Morgan fingerprint density at radius 2 is 1.45 bits per heavy atom. The monoisotopic (exact) mass is 445 g/mol. The summed E-state index contributed by atoms with van der Waals surface area (Å²) in [7, 11) is 4.58. The Bertz CT molecular complexity index is 1220. The number of hydrogen-bond acceptors (Lipinski definition) is 6. The van der Waals surface area contributed by atoms with Gasteiger partial charge in [0.2, 0.25) is 0 Å². The van der Waals surface area contributed by atoms with Crippen LogP contribution in [0.5, 0.6) is 17.2 Å². The van der Waals surface area contributed by atoms with E-state index in [0.29, 0.717) is 34.1 Å². The standard InChI is InChI=1S/C26H23NO6/c1-31-18-11-9-17(10-12-18)27-23(20-14-13-19(32-2)15-21(20)33-3)22(25(29)26(27)30)24(28)16-7-5-4-6-8-16/h4-15,23,28H,1-3H3/b24-22+. The third kappa shape index (κ3) is 3.89. The number of carbonyl (C=O) groups is 2. The third-order valence-corrected chi connectivity index (χ3v) is 5.58. The molecular weight excluding hydrogens is 422 g/mol. The summed E-state index contributed by atoms with van der Waals surface area (Å²) in [4.78, 5) is 27.8. The number of methoxy groups -OCH3 is 3. The number of nitrogens with zero attached hydrogens (tertiary/aromatic N) is 1. The lowest BCUT2D eigenvalue weighted by molar-refractivity contribution is -0.132. The molecule has 0 saturated carbocycles. The van der Waals surface area contributed by atoms with E-state index in [1.54, 1.807) is 79.9 Å². The van der Waals surface area contributed by atoms with Gasteiger partial charge in [-0.25, -0.2) is 0 Å². The zero-order valence-electron chi connectivity index (χ0n) is 18.4. The Morgan fingerprint density at radius 1 is 0.818 bits per heavy atom. The molecule has 1 amide bonds. The Labute approximate surface area is 191 Å². The minimum Gasteiger partial charge on any atom is -0.507 e. The molecule has 1 fully saturated rings. The lowest BCUT2D eigenvalue weighted by Crippen LogP contribution is -2.29. The van der Waals surface area contributed by atoms with E-state index in [4.69, 9.17) is 14.2 Å². The molecule has 7 heteroatoms. The van der Waals surface area contributed by atoms with Crippen molar-refractivity contribution in [2.24, 2.45) is 0 Å². The highest BCUT2D eigenvalue weighted by Gasteiger charge is 2.48. The van der Waals surface area contributed by atoms with Crippen LogP contribution in [-0.4, -0.2) is 38.1 Å². The normalized spacial score (nSPS) is 17.2. The van der Waals surface area contributed by atoms with Crippen molar-refractivity contribution in [2.45, 2.75) is 6.04 Å². The number of carbonyl (C=O) groups excluding carboxylic acids is 2. The van der Waals surface area contributed by atoms with Gasteiger partial charge in [-0.2, -0.15) is 0 Å². The first-order valence-corrected chi connectivity index (χ1v) is 10.2. The summed E-state index contributed by atoms with van der Waals surface area (Å²) in [5.74, 6) is -0.208. The summed E-state index contributed by atoms with van der Waals surface area (Å²) in [6.07, 6.45) is 0. The van der Waals surface area contributed by atoms with Crippen LogP contribution in [0.4, 0.5) is 5.69 Å². The van der Waals surface area contributed by atoms with Gasteiger partial charge in [-0.15, -0.1) is 0 Å². The van der Waals surface area contributed by atoms with E-state index in [0.717, 1.165) is 0 Å². The van der Waals surface area contributed by atoms with E-state index in [1.807, 2.05) is 0 Å². The molecule has 3 aromatic carbocycles. The first-order valence-electron chi connectivity index (χ1n) is 10.2. The quantitative estimate of drug-likeness (QED) is 0.345. The van der Waals surface area contributed by atoms with Gasteiger partial charge in [0.25, 0.3) is 11.7 Å². The van der Waals surface area contributed by atoms with Crippen LogP contribution in [-0.2, 0) is 9.59 Å². The first-order chi connectivity index (χ1) is 16.0. The number of Topliss-reactive ketones (excluding diaryl/α,β-unsaturated/α-hetero) is 1. The summed E-state index contributed by atoms with van der Waals surface area (Å²) in [6.45, 7) is 0. The number of aliphatic hydroxyl groups is 1. The fourth-order valence-corrected chi connectivity index (χ4v) is 3.93. The Morgan fingerprint density at radius 3 is 2.06 bits per heavy atom. The molecule has 0 aliphatic carbocycles. The molecule has 3 aromatic rings. The van der Waals surface area contributed by atoms with Crippen LogP contribution in [0.3, 0.4) is 0 Å². The number of amides is 1. The maximum Gasteiger partial charge on any atom is 0.300 e. The predicted octanol–water partition coefficient (Wildman–Crippen LogP) is 4.34. The van der Waals surface area contributed by atoms with E-state index >= 15 is 0 Å². The molecular formula is C26H23NO6. The van der Waals surface area contributed by atoms with Crippen molar-refractivity contribution in [1.82, 2.24) is 0 Å². The molecule has 0 bridgehead atoms. The van der Waals surface area contributed by atoms with Crippen LogP contribution >= 0.6 is 0 Å². The van der Waals surface area contributed by atoms with Gasteiger partial charge in [-0.05, 0) is 36.4 Å².